The van der Waals surface area contributed by atoms with Crippen molar-refractivity contribution in [3.05, 3.63) is 29.0 Å². The number of nitrogens with zero attached hydrogens (tertiary/aromatic N) is 2. The molecule has 0 atom stereocenters. The zero-order valence-corrected chi connectivity index (χ0v) is 8.04. The number of halogens is 1. The molecule has 2 rings (SSSR count). The van der Waals surface area contributed by atoms with Gasteiger partial charge in [-0.15, -0.1) is 0 Å². The fourth-order valence-corrected chi connectivity index (χ4v) is 1.57. The Balaban J connectivity index is 2.83. The van der Waals surface area contributed by atoms with Gasteiger partial charge < -0.3 is 5.73 Å². The molecule has 2 heterocycles. The van der Waals surface area contributed by atoms with Crippen LogP contribution in [0, 0.1) is 0 Å². The highest BCUT2D eigenvalue weighted by molar-refractivity contribution is 6.33. The second-order valence-electron chi connectivity index (χ2n) is 2.85. The summed E-state index contributed by atoms with van der Waals surface area (Å²) in [5, 5.41) is 0.633. The lowest BCUT2D eigenvalue weighted by molar-refractivity contribution is 1.07. The van der Waals surface area contributed by atoms with Crippen LogP contribution in [0.4, 0.5) is 5.82 Å². The third-order valence-electron chi connectivity index (χ3n) is 2.05. The van der Waals surface area contributed by atoms with Crippen LogP contribution >= 0.6 is 11.6 Å². The Labute approximate surface area is 81.1 Å². The molecule has 0 unspecified atom stereocenters. The Kier molecular flexibility index (Phi) is 1.88. The zero-order chi connectivity index (χ0) is 9.42. The summed E-state index contributed by atoms with van der Waals surface area (Å²) >= 11 is 5.96. The van der Waals surface area contributed by atoms with E-state index in [2.05, 4.69) is 4.98 Å². The van der Waals surface area contributed by atoms with E-state index in [1.807, 2.05) is 25.3 Å². The van der Waals surface area contributed by atoms with Crippen molar-refractivity contribution in [1.82, 2.24) is 9.38 Å². The van der Waals surface area contributed by atoms with Crippen molar-refractivity contribution in [3.63, 3.8) is 0 Å². The number of rotatable bonds is 1. The molecule has 2 aromatic rings. The predicted octanol–water partition coefficient (Wildman–Crippen LogP) is 2.13. The lowest BCUT2D eigenvalue weighted by Gasteiger charge is -1.96. The van der Waals surface area contributed by atoms with E-state index in [-0.39, 0.29) is 0 Å². The van der Waals surface area contributed by atoms with Gasteiger partial charge in [0.2, 0.25) is 0 Å². The molecule has 0 aliphatic rings. The van der Waals surface area contributed by atoms with E-state index >= 15 is 0 Å². The lowest BCUT2D eigenvalue weighted by atomic mass is 10.3. The molecule has 13 heavy (non-hydrogen) atoms. The van der Waals surface area contributed by atoms with E-state index in [1.165, 1.54) is 0 Å². The van der Waals surface area contributed by atoms with Crippen molar-refractivity contribution in [3.8, 4) is 0 Å². The fourth-order valence-electron chi connectivity index (χ4n) is 1.36. The highest BCUT2D eigenvalue weighted by atomic mass is 35.5. The summed E-state index contributed by atoms with van der Waals surface area (Å²) in [6, 6.07) is 3.66. The van der Waals surface area contributed by atoms with E-state index in [0.717, 1.165) is 17.8 Å². The van der Waals surface area contributed by atoms with Crippen LogP contribution in [0.5, 0.6) is 0 Å². The summed E-state index contributed by atoms with van der Waals surface area (Å²) in [5.74, 6) is 0.681. The topological polar surface area (TPSA) is 43.3 Å². The van der Waals surface area contributed by atoms with Gasteiger partial charge in [0, 0.05) is 6.20 Å². The molecule has 0 saturated carbocycles. The smallest absolute Gasteiger partial charge is 0.157 e. The second kappa shape index (κ2) is 2.92. The molecule has 0 aliphatic carbocycles. The average Bonchev–Trinajstić information content (AvgIpc) is 2.45. The first kappa shape index (κ1) is 8.38. The van der Waals surface area contributed by atoms with Gasteiger partial charge in [-0.1, -0.05) is 18.5 Å². The van der Waals surface area contributed by atoms with E-state index in [0.29, 0.717) is 10.8 Å². The van der Waals surface area contributed by atoms with Crippen molar-refractivity contribution in [1.29, 1.82) is 0 Å². The number of hydrogen-bond acceptors (Lipinski definition) is 2. The first-order chi connectivity index (χ1) is 6.24. The molecule has 0 bridgehead atoms. The molecule has 0 saturated heterocycles. The summed E-state index contributed by atoms with van der Waals surface area (Å²) in [5.41, 5.74) is 7.49. The number of pyridine rings is 1. The second-order valence-corrected chi connectivity index (χ2v) is 3.25. The van der Waals surface area contributed by atoms with Crippen molar-refractivity contribution in [2.45, 2.75) is 13.3 Å². The van der Waals surface area contributed by atoms with E-state index in [1.54, 1.807) is 4.40 Å². The molecule has 0 aliphatic heterocycles. The Morgan fingerprint density at radius 3 is 3.00 bits per heavy atom. The van der Waals surface area contributed by atoms with Crippen LogP contribution < -0.4 is 5.73 Å². The number of fused-ring (bicyclic) bond motifs is 1. The van der Waals surface area contributed by atoms with Crippen LogP contribution in [-0.4, -0.2) is 9.38 Å². The van der Waals surface area contributed by atoms with E-state index in [4.69, 9.17) is 17.3 Å². The average molecular weight is 196 g/mol. The minimum atomic E-state index is 0.633. The summed E-state index contributed by atoms with van der Waals surface area (Å²) in [6.07, 6.45) is 2.69. The minimum absolute atomic E-state index is 0.633. The summed E-state index contributed by atoms with van der Waals surface area (Å²) in [4.78, 5) is 4.34. The molecule has 0 radical (unpaired) electrons. The van der Waals surface area contributed by atoms with Gasteiger partial charge in [0.15, 0.2) is 5.65 Å². The first-order valence-electron chi connectivity index (χ1n) is 4.15. The number of nitrogens with two attached hydrogens (primary N) is 1. The number of anilines is 1. The molecular weight excluding hydrogens is 186 g/mol. The third-order valence-corrected chi connectivity index (χ3v) is 2.35. The van der Waals surface area contributed by atoms with Gasteiger partial charge >= 0.3 is 0 Å². The van der Waals surface area contributed by atoms with E-state index in [9.17, 15) is 0 Å². The standard InChI is InChI=1S/C9H10ClN3/c1-2-7-8(11)13-5-3-4-6(10)9(13)12-7/h3-5H,2,11H2,1H3. The predicted molar refractivity (Wildman–Crippen MR) is 54.0 cm³/mol. The SMILES string of the molecule is CCc1nc2c(Cl)cccn2c1N. The van der Waals surface area contributed by atoms with Gasteiger partial charge in [-0.2, -0.15) is 0 Å². The van der Waals surface area contributed by atoms with Crippen molar-refractivity contribution in [2.75, 3.05) is 5.73 Å². The minimum Gasteiger partial charge on any atom is -0.383 e. The molecule has 0 fully saturated rings. The number of aromatic nitrogens is 2. The fraction of sp³-hybridized carbons (Fsp3) is 0.222. The zero-order valence-electron chi connectivity index (χ0n) is 7.29. The molecular formula is C9H10ClN3. The molecule has 2 aromatic heterocycles. The monoisotopic (exact) mass is 195 g/mol. The number of nitrogen functional groups attached to an aromatic ring is 1. The Morgan fingerprint density at radius 2 is 2.38 bits per heavy atom. The summed E-state index contributed by atoms with van der Waals surface area (Å²) in [6.45, 7) is 2.02. The quantitative estimate of drug-likeness (QED) is 0.758. The molecule has 68 valence electrons. The van der Waals surface area contributed by atoms with Gasteiger partial charge in [0.1, 0.15) is 5.82 Å². The molecule has 2 N–H and O–H groups in total. The van der Waals surface area contributed by atoms with Gasteiger partial charge in [-0.3, -0.25) is 4.40 Å². The first-order valence-corrected chi connectivity index (χ1v) is 4.52. The molecule has 0 aromatic carbocycles. The maximum atomic E-state index is 5.96. The summed E-state index contributed by atoms with van der Waals surface area (Å²) < 4.78 is 1.81. The van der Waals surface area contributed by atoms with Gasteiger partial charge in [-0.25, -0.2) is 4.98 Å². The molecule has 0 amide bonds. The molecule has 3 nitrogen and oxygen atoms in total. The van der Waals surface area contributed by atoms with Crippen LogP contribution in [0.15, 0.2) is 18.3 Å². The van der Waals surface area contributed by atoms with Gasteiger partial charge in [0.05, 0.1) is 10.7 Å². The van der Waals surface area contributed by atoms with Crippen molar-refractivity contribution >= 4 is 23.1 Å². The maximum Gasteiger partial charge on any atom is 0.157 e. The summed E-state index contributed by atoms with van der Waals surface area (Å²) in [7, 11) is 0. The van der Waals surface area contributed by atoms with Crippen LogP contribution in [0.2, 0.25) is 5.02 Å². The molecule has 0 spiro atoms. The Hall–Kier alpha value is -1.22. The van der Waals surface area contributed by atoms with Gasteiger partial charge in [0.25, 0.3) is 0 Å². The van der Waals surface area contributed by atoms with Crippen LogP contribution in [0.3, 0.4) is 0 Å². The highest BCUT2D eigenvalue weighted by Gasteiger charge is 2.08. The number of imidazole rings is 1. The number of hydrogen-bond donors (Lipinski definition) is 1. The maximum absolute atomic E-state index is 5.96. The largest absolute Gasteiger partial charge is 0.383 e. The van der Waals surface area contributed by atoms with Crippen LogP contribution in [0.25, 0.3) is 5.65 Å². The van der Waals surface area contributed by atoms with Crippen LogP contribution in [-0.2, 0) is 6.42 Å². The van der Waals surface area contributed by atoms with Crippen molar-refractivity contribution < 1.29 is 0 Å². The normalized spacial score (nSPS) is 10.9. The van der Waals surface area contributed by atoms with E-state index < -0.39 is 0 Å². The van der Waals surface area contributed by atoms with Gasteiger partial charge in [-0.05, 0) is 18.6 Å². The third kappa shape index (κ3) is 1.16. The number of aryl methyl sites for hydroxylation is 1. The molecule has 4 heteroatoms. The lowest BCUT2D eigenvalue weighted by Crippen LogP contribution is -1.94. The highest BCUT2D eigenvalue weighted by Crippen LogP contribution is 2.21. The Bertz CT molecular complexity index is 447. The van der Waals surface area contributed by atoms with Crippen LogP contribution in [0.1, 0.15) is 12.6 Å². The Morgan fingerprint density at radius 1 is 1.62 bits per heavy atom. The van der Waals surface area contributed by atoms with Crippen molar-refractivity contribution in [2.24, 2.45) is 0 Å².